The number of hydrogen-bond donors (Lipinski definition) is 1. The fraction of sp³-hybridized carbons (Fsp3) is 0.350. The van der Waals surface area contributed by atoms with Gasteiger partial charge in [-0.05, 0) is 43.2 Å². The van der Waals surface area contributed by atoms with E-state index in [1.165, 1.54) is 12.1 Å². The van der Waals surface area contributed by atoms with Crippen LogP contribution in [0.3, 0.4) is 0 Å². The normalized spacial score (nSPS) is 12.4. The molecule has 27 heavy (non-hydrogen) atoms. The quantitative estimate of drug-likeness (QED) is 0.714. The van der Waals surface area contributed by atoms with Crippen LogP contribution in [0.5, 0.6) is 0 Å². The van der Waals surface area contributed by atoms with Gasteiger partial charge in [-0.25, -0.2) is 8.42 Å². The van der Waals surface area contributed by atoms with Crippen molar-refractivity contribution in [2.45, 2.75) is 31.2 Å². The van der Waals surface area contributed by atoms with Crippen LogP contribution in [0.4, 0.5) is 5.69 Å². The standard InChI is InChI=1S/C20H26N2O4S/c1-4-17-10-12-18(13-11-17)22(14-20(23)21-16(2)15-26-3)27(24,25)19-8-6-5-7-9-19/h5-13,16H,4,14-15H2,1-3H3,(H,21,23)/t16-/m1/s1. The molecule has 2 aromatic carbocycles. The Balaban J connectivity index is 2.35. The van der Waals surface area contributed by atoms with Gasteiger partial charge in [0.05, 0.1) is 17.2 Å². The van der Waals surface area contributed by atoms with Crippen LogP contribution in [0.2, 0.25) is 0 Å². The Bertz CT molecular complexity index is 836. The molecule has 0 heterocycles. The highest BCUT2D eigenvalue weighted by atomic mass is 32.2. The molecular weight excluding hydrogens is 364 g/mol. The molecule has 0 radical (unpaired) electrons. The van der Waals surface area contributed by atoms with Crippen LogP contribution < -0.4 is 9.62 Å². The third-order valence-corrected chi connectivity index (χ3v) is 5.86. The summed E-state index contributed by atoms with van der Waals surface area (Å²) in [4.78, 5) is 12.6. The molecule has 1 amide bonds. The van der Waals surface area contributed by atoms with Gasteiger partial charge in [0.1, 0.15) is 6.54 Å². The molecule has 0 saturated carbocycles. The fourth-order valence-electron chi connectivity index (χ4n) is 2.68. The fourth-order valence-corrected chi connectivity index (χ4v) is 4.12. The van der Waals surface area contributed by atoms with Crippen LogP contribution >= 0.6 is 0 Å². The van der Waals surface area contributed by atoms with E-state index in [4.69, 9.17) is 4.74 Å². The first-order chi connectivity index (χ1) is 12.9. The monoisotopic (exact) mass is 390 g/mol. The highest BCUT2D eigenvalue weighted by Crippen LogP contribution is 2.24. The molecule has 0 aliphatic heterocycles. The third kappa shape index (κ3) is 5.55. The molecule has 146 valence electrons. The van der Waals surface area contributed by atoms with Gasteiger partial charge in [-0.3, -0.25) is 9.10 Å². The van der Waals surface area contributed by atoms with Gasteiger partial charge >= 0.3 is 0 Å². The topological polar surface area (TPSA) is 75.7 Å². The minimum Gasteiger partial charge on any atom is -0.383 e. The highest BCUT2D eigenvalue weighted by Gasteiger charge is 2.27. The van der Waals surface area contributed by atoms with Crippen molar-refractivity contribution in [3.8, 4) is 0 Å². The lowest BCUT2D eigenvalue weighted by atomic mass is 10.1. The predicted molar refractivity (Wildman–Crippen MR) is 106 cm³/mol. The van der Waals surface area contributed by atoms with Gasteiger partial charge < -0.3 is 10.1 Å². The van der Waals surface area contributed by atoms with E-state index < -0.39 is 15.9 Å². The summed E-state index contributed by atoms with van der Waals surface area (Å²) in [5.74, 6) is -0.390. The van der Waals surface area contributed by atoms with Gasteiger partial charge in [-0.2, -0.15) is 0 Å². The minimum atomic E-state index is -3.88. The van der Waals surface area contributed by atoms with Crippen molar-refractivity contribution in [1.82, 2.24) is 5.32 Å². The molecule has 7 heteroatoms. The number of carbonyl (C=O) groups excluding carboxylic acids is 1. The van der Waals surface area contributed by atoms with Crippen LogP contribution in [0.25, 0.3) is 0 Å². The molecule has 1 atom stereocenters. The Labute approximate surface area is 161 Å². The van der Waals surface area contributed by atoms with Crippen LogP contribution in [0.15, 0.2) is 59.5 Å². The molecule has 0 aliphatic rings. The molecule has 1 N–H and O–H groups in total. The second kappa shape index (κ2) is 9.53. The van der Waals surface area contributed by atoms with E-state index in [0.717, 1.165) is 16.3 Å². The maximum atomic E-state index is 13.2. The Morgan fingerprint density at radius 2 is 1.74 bits per heavy atom. The molecule has 2 rings (SSSR count). The summed E-state index contributed by atoms with van der Waals surface area (Å²) < 4.78 is 32.5. The van der Waals surface area contributed by atoms with Crippen molar-refractivity contribution < 1.29 is 17.9 Å². The number of nitrogens with zero attached hydrogens (tertiary/aromatic N) is 1. The lowest BCUT2D eigenvalue weighted by molar-refractivity contribution is -0.120. The number of rotatable bonds is 9. The van der Waals surface area contributed by atoms with Crippen LogP contribution in [0.1, 0.15) is 19.4 Å². The van der Waals surface area contributed by atoms with Crippen molar-refractivity contribution >= 4 is 21.6 Å². The lowest BCUT2D eigenvalue weighted by Gasteiger charge is -2.25. The van der Waals surface area contributed by atoms with Gasteiger partial charge in [0.2, 0.25) is 5.91 Å². The van der Waals surface area contributed by atoms with E-state index in [9.17, 15) is 13.2 Å². The van der Waals surface area contributed by atoms with E-state index in [1.807, 2.05) is 19.1 Å². The summed E-state index contributed by atoms with van der Waals surface area (Å²) in [5, 5.41) is 2.76. The van der Waals surface area contributed by atoms with Gasteiger partial charge in [0.15, 0.2) is 0 Å². The summed E-state index contributed by atoms with van der Waals surface area (Å²) in [6.07, 6.45) is 0.848. The molecule has 0 fully saturated rings. The van der Waals surface area contributed by atoms with Gasteiger partial charge in [0, 0.05) is 13.2 Å². The van der Waals surface area contributed by atoms with Crippen LogP contribution in [0, 0.1) is 0 Å². The SMILES string of the molecule is CCc1ccc(N(CC(=O)N[C@H](C)COC)S(=O)(=O)c2ccccc2)cc1. The predicted octanol–water partition coefficient (Wildman–Crippen LogP) is 2.60. The van der Waals surface area contributed by atoms with Crippen molar-refractivity contribution in [3.63, 3.8) is 0 Å². The Kier molecular flexibility index (Phi) is 7.38. The van der Waals surface area contributed by atoms with Crippen LogP contribution in [-0.2, 0) is 26.0 Å². The first-order valence-electron chi connectivity index (χ1n) is 8.83. The Hall–Kier alpha value is -2.38. The second-order valence-electron chi connectivity index (χ2n) is 6.27. The van der Waals surface area contributed by atoms with Crippen molar-refractivity contribution in [3.05, 3.63) is 60.2 Å². The van der Waals surface area contributed by atoms with E-state index >= 15 is 0 Å². The number of ether oxygens (including phenoxy) is 1. The number of benzene rings is 2. The van der Waals surface area contributed by atoms with Gasteiger partial charge in [-0.15, -0.1) is 0 Å². The molecule has 0 aromatic heterocycles. The third-order valence-electron chi connectivity index (χ3n) is 4.08. The lowest BCUT2D eigenvalue weighted by Crippen LogP contribution is -2.44. The molecule has 0 aliphatic carbocycles. The van der Waals surface area contributed by atoms with Crippen molar-refractivity contribution in [2.75, 3.05) is 24.6 Å². The van der Waals surface area contributed by atoms with E-state index in [1.54, 1.807) is 44.4 Å². The van der Waals surface area contributed by atoms with Crippen molar-refractivity contribution in [1.29, 1.82) is 0 Å². The minimum absolute atomic E-state index is 0.141. The molecular formula is C20H26N2O4S. The second-order valence-corrected chi connectivity index (χ2v) is 8.13. The molecule has 0 bridgehead atoms. The highest BCUT2D eigenvalue weighted by molar-refractivity contribution is 7.92. The zero-order chi connectivity index (χ0) is 19.9. The summed E-state index contributed by atoms with van der Waals surface area (Å²) in [7, 11) is -2.33. The van der Waals surface area contributed by atoms with Gasteiger partial charge in [0.25, 0.3) is 10.0 Å². The summed E-state index contributed by atoms with van der Waals surface area (Å²) >= 11 is 0. The molecule has 6 nitrogen and oxygen atoms in total. The number of sulfonamides is 1. The van der Waals surface area contributed by atoms with Crippen molar-refractivity contribution in [2.24, 2.45) is 0 Å². The maximum Gasteiger partial charge on any atom is 0.264 e. The number of amides is 1. The largest absolute Gasteiger partial charge is 0.383 e. The summed E-state index contributed by atoms with van der Waals surface area (Å²) in [6, 6.07) is 15.1. The maximum absolute atomic E-state index is 13.2. The smallest absolute Gasteiger partial charge is 0.264 e. The van der Waals surface area contributed by atoms with E-state index in [-0.39, 0.29) is 17.5 Å². The molecule has 0 unspecified atom stereocenters. The van der Waals surface area contributed by atoms with Gasteiger partial charge in [-0.1, -0.05) is 37.3 Å². The zero-order valence-corrected chi connectivity index (χ0v) is 16.7. The average Bonchev–Trinajstić information content (AvgIpc) is 2.67. The Morgan fingerprint density at radius 1 is 1.11 bits per heavy atom. The number of anilines is 1. The van der Waals surface area contributed by atoms with E-state index in [0.29, 0.717) is 12.3 Å². The summed E-state index contributed by atoms with van der Waals surface area (Å²) in [6.45, 7) is 3.87. The summed E-state index contributed by atoms with van der Waals surface area (Å²) in [5.41, 5.74) is 1.54. The Morgan fingerprint density at radius 3 is 2.30 bits per heavy atom. The van der Waals surface area contributed by atoms with E-state index in [2.05, 4.69) is 5.32 Å². The first kappa shape index (κ1) is 20.9. The van der Waals surface area contributed by atoms with Crippen LogP contribution in [-0.4, -0.2) is 40.6 Å². The molecule has 0 spiro atoms. The molecule has 0 saturated heterocycles. The number of hydrogen-bond acceptors (Lipinski definition) is 4. The number of carbonyl (C=O) groups is 1. The number of aryl methyl sites for hydroxylation is 1. The number of methoxy groups -OCH3 is 1. The first-order valence-corrected chi connectivity index (χ1v) is 10.3. The average molecular weight is 391 g/mol. The number of nitrogens with one attached hydrogen (secondary N) is 1. The zero-order valence-electron chi connectivity index (χ0n) is 15.9. The molecule has 2 aromatic rings.